The number of para-hydroxylation sites is 1. The van der Waals surface area contributed by atoms with Crippen molar-refractivity contribution in [3.63, 3.8) is 0 Å². The molecule has 2 aromatic carbocycles. The summed E-state index contributed by atoms with van der Waals surface area (Å²) in [5, 5.41) is 5.88. The van der Waals surface area contributed by atoms with Crippen molar-refractivity contribution in [1.29, 1.82) is 0 Å². The molecule has 2 N–H and O–H groups in total. The molecule has 27 heavy (non-hydrogen) atoms. The largest absolute Gasteiger partial charge is 0.497 e. The van der Waals surface area contributed by atoms with Gasteiger partial charge in [0.15, 0.2) is 0 Å². The Kier molecular flexibility index (Phi) is 5.16. The van der Waals surface area contributed by atoms with Crippen molar-refractivity contribution < 1.29 is 14.3 Å². The fraction of sp³-hybridized carbons (Fsp3) is 0.238. The lowest BCUT2D eigenvalue weighted by atomic mass is 9.94. The average molecular weight is 365 g/mol. The Morgan fingerprint density at radius 2 is 1.78 bits per heavy atom. The lowest BCUT2D eigenvalue weighted by Gasteiger charge is -2.33. The summed E-state index contributed by atoms with van der Waals surface area (Å²) < 4.78 is 5.20. The molecule has 1 aliphatic rings. The number of ether oxygens (including phenoxy) is 1. The van der Waals surface area contributed by atoms with Crippen molar-refractivity contribution in [1.82, 2.24) is 10.2 Å². The molecular weight excluding hydrogens is 342 g/mol. The van der Waals surface area contributed by atoms with Crippen LogP contribution in [0.3, 0.4) is 0 Å². The van der Waals surface area contributed by atoms with E-state index in [-0.39, 0.29) is 11.9 Å². The number of nitrogens with zero attached hydrogens (tertiary/aromatic N) is 1. The van der Waals surface area contributed by atoms with Crippen LogP contribution in [0.15, 0.2) is 59.8 Å². The van der Waals surface area contributed by atoms with Gasteiger partial charge in [0.1, 0.15) is 5.75 Å². The third-order valence-electron chi connectivity index (χ3n) is 4.84. The third kappa shape index (κ3) is 3.65. The van der Waals surface area contributed by atoms with E-state index in [1.165, 1.54) is 4.90 Å². The summed E-state index contributed by atoms with van der Waals surface area (Å²) in [4.78, 5) is 26.9. The Balaban J connectivity index is 1.99. The topological polar surface area (TPSA) is 70.7 Å². The molecule has 1 aliphatic heterocycles. The molecule has 1 atom stereocenters. The number of allylic oxidation sites excluding steroid dienone is 1. The van der Waals surface area contributed by atoms with Gasteiger partial charge >= 0.3 is 6.03 Å². The maximum Gasteiger partial charge on any atom is 0.322 e. The average Bonchev–Trinajstić information content (AvgIpc) is 2.67. The highest BCUT2D eigenvalue weighted by Gasteiger charge is 2.34. The van der Waals surface area contributed by atoms with Gasteiger partial charge in [0.25, 0.3) is 5.91 Å². The lowest BCUT2D eigenvalue weighted by Crippen LogP contribution is -2.46. The number of carbonyl (C=O) groups excluding carboxylic acids is 2. The Labute approximate surface area is 158 Å². The van der Waals surface area contributed by atoms with E-state index < -0.39 is 6.04 Å². The standard InChI is InChI=1S/C21H23N3O3/c1-13-7-5-6-8-17(13)22-20(25)18-14(2)24(3)21(26)23-19(18)15-9-11-16(27-4)12-10-15/h5-12,19H,1-4H3,(H,22,25)(H,23,26)/t19-/m0/s1. The molecule has 1 heterocycles. The second kappa shape index (κ2) is 7.53. The van der Waals surface area contributed by atoms with Gasteiger partial charge in [-0.2, -0.15) is 0 Å². The molecule has 3 rings (SSSR count). The minimum Gasteiger partial charge on any atom is -0.497 e. The van der Waals surface area contributed by atoms with Crippen molar-refractivity contribution in [2.75, 3.05) is 19.5 Å². The van der Waals surface area contributed by atoms with Crippen LogP contribution in [0.2, 0.25) is 0 Å². The Bertz CT molecular complexity index is 903. The van der Waals surface area contributed by atoms with Gasteiger partial charge in [-0.1, -0.05) is 30.3 Å². The van der Waals surface area contributed by atoms with Crippen molar-refractivity contribution >= 4 is 17.6 Å². The molecule has 0 spiro atoms. The molecule has 6 nitrogen and oxygen atoms in total. The number of amides is 3. The highest BCUT2D eigenvalue weighted by atomic mass is 16.5. The molecule has 140 valence electrons. The van der Waals surface area contributed by atoms with Gasteiger partial charge in [-0.3, -0.25) is 4.79 Å². The molecule has 2 aromatic rings. The maximum atomic E-state index is 13.1. The first kappa shape index (κ1) is 18.5. The van der Waals surface area contributed by atoms with Crippen LogP contribution >= 0.6 is 0 Å². The third-order valence-corrected chi connectivity index (χ3v) is 4.84. The van der Waals surface area contributed by atoms with Gasteiger partial charge in [-0.05, 0) is 43.2 Å². The summed E-state index contributed by atoms with van der Waals surface area (Å²) in [5.74, 6) is 0.471. The summed E-state index contributed by atoms with van der Waals surface area (Å²) in [6.07, 6.45) is 0. The quantitative estimate of drug-likeness (QED) is 0.869. The number of carbonyl (C=O) groups is 2. The summed E-state index contributed by atoms with van der Waals surface area (Å²) in [6.45, 7) is 3.72. The zero-order chi connectivity index (χ0) is 19.6. The fourth-order valence-corrected chi connectivity index (χ4v) is 3.08. The summed E-state index contributed by atoms with van der Waals surface area (Å²) in [6, 6.07) is 14.1. The Hall–Kier alpha value is -3.28. The number of rotatable bonds is 4. The fourth-order valence-electron chi connectivity index (χ4n) is 3.08. The van der Waals surface area contributed by atoms with E-state index in [4.69, 9.17) is 4.74 Å². The van der Waals surface area contributed by atoms with E-state index in [1.807, 2.05) is 55.5 Å². The van der Waals surface area contributed by atoms with E-state index in [1.54, 1.807) is 21.1 Å². The first-order chi connectivity index (χ1) is 12.9. The SMILES string of the molecule is COc1ccc([C@@H]2NC(=O)N(C)C(C)=C2C(=O)Nc2ccccc2C)cc1. The Morgan fingerprint density at radius 1 is 1.11 bits per heavy atom. The van der Waals surface area contributed by atoms with Crippen LogP contribution in [0.25, 0.3) is 0 Å². The molecule has 0 saturated carbocycles. The monoisotopic (exact) mass is 365 g/mol. The van der Waals surface area contributed by atoms with Crippen molar-refractivity contribution in [3.05, 3.63) is 70.9 Å². The molecule has 0 bridgehead atoms. The second-order valence-corrected chi connectivity index (χ2v) is 6.48. The molecule has 3 amide bonds. The zero-order valence-electron chi connectivity index (χ0n) is 15.9. The molecule has 0 radical (unpaired) electrons. The first-order valence-corrected chi connectivity index (χ1v) is 8.68. The number of urea groups is 1. The van der Waals surface area contributed by atoms with Crippen LogP contribution in [-0.2, 0) is 4.79 Å². The molecule has 0 aliphatic carbocycles. The molecule has 0 unspecified atom stereocenters. The highest BCUT2D eigenvalue weighted by Crippen LogP contribution is 2.31. The summed E-state index contributed by atoms with van der Waals surface area (Å²) in [7, 11) is 3.24. The van der Waals surface area contributed by atoms with Crippen LogP contribution in [0, 0.1) is 6.92 Å². The van der Waals surface area contributed by atoms with E-state index in [0.717, 1.165) is 16.8 Å². The number of methoxy groups -OCH3 is 1. The minimum absolute atomic E-state index is 0.241. The van der Waals surface area contributed by atoms with Crippen LogP contribution < -0.4 is 15.4 Å². The van der Waals surface area contributed by atoms with Gasteiger partial charge in [0.2, 0.25) is 0 Å². The smallest absolute Gasteiger partial charge is 0.322 e. The molecule has 0 fully saturated rings. The molecule has 0 saturated heterocycles. The maximum absolute atomic E-state index is 13.1. The highest BCUT2D eigenvalue weighted by molar-refractivity contribution is 6.07. The van der Waals surface area contributed by atoms with E-state index >= 15 is 0 Å². The lowest BCUT2D eigenvalue weighted by molar-refractivity contribution is -0.113. The van der Waals surface area contributed by atoms with E-state index in [2.05, 4.69) is 10.6 Å². The van der Waals surface area contributed by atoms with Gasteiger partial charge in [0.05, 0.1) is 18.7 Å². The van der Waals surface area contributed by atoms with Gasteiger partial charge in [-0.25, -0.2) is 4.79 Å². The first-order valence-electron chi connectivity index (χ1n) is 8.68. The predicted octanol–water partition coefficient (Wildman–Crippen LogP) is 3.61. The van der Waals surface area contributed by atoms with E-state index in [0.29, 0.717) is 17.0 Å². The molecule has 0 aromatic heterocycles. The van der Waals surface area contributed by atoms with E-state index in [9.17, 15) is 9.59 Å². The second-order valence-electron chi connectivity index (χ2n) is 6.48. The van der Waals surface area contributed by atoms with Crippen molar-refractivity contribution in [3.8, 4) is 5.75 Å². The Morgan fingerprint density at radius 3 is 2.41 bits per heavy atom. The van der Waals surface area contributed by atoms with Crippen LogP contribution in [0.1, 0.15) is 24.1 Å². The summed E-state index contributed by atoms with van der Waals surface area (Å²) >= 11 is 0. The number of hydrogen-bond donors (Lipinski definition) is 2. The number of hydrogen-bond acceptors (Lipinski definition) is 3. The number of aryl methyl sites for hydroxylation is 1. The van der Waals surface area contributed by atoms with Crippen LogP contribution in [-0.4, -0.2) is 31.0 Å². The zero-order valence-corrected chi connectivity index (χ0v) is 15.9. The van der Waals surface area contributed by atoms with Crippen molar-refractivity contribution in [2.24, 2.45) is 0 Å². The predicted molar refractivity (Wildman–Crippen MR) is 105 cm³/mol. The van der Waals surface area contributed by atoms with Crippen molar-refractivity contribution in [2.45, 2.75) is 19.9 Å². The molecule has 6 heteroatoms. The number of nitrogens with one attached hydrogen (secondary N) is 2. The van der Waals surface area contributed by atoms with Gasteiger partial charge in [-0.15, -0.1) is 0 Å². The molecular formula is C21H23N3O3. The van der Waals surface area contributed by atoms with Gasteiger partial charge in [0, 0.05) is 18.4 Å². The number of benzene rings is 2. The van der Waals surface area contributed by atoms with Crippen LogP contribution in [0.5, 0.6) is 5.75 Å². The van der Waals surface area contributed by atoms with Crippen LogP contribution in [0.4, 0.5) is 10.5 Å². The van der Waals surface area contributed by atoms with Gasteiger partial charge < -0.3 is 20.3 Å². The normalized spacial score (nSPS) is 16.8. The minimum atomic E-state index is -0.538. The summed E-state index contributed by atoms with van der Waals surface area (Å²) in [5.41, 5.74) is 3.65. The number of anilines is 1.